The molecule has 0 spiro atoms. The summed E-state index contributed by atoms with van der Waals surface area (Å²) in [6.07, 6.45) is 5.72. The number of nitrogens with zero attached hydrogens (tertiary/aromatic N) is 1. The number of hydrogen-bond donors (Lipinski definition) is 2. The zero-order valence-electron chi connectivity index (χ0n) is 13.6. The first-order valence-electron chi connectivity index (χ1n) is 8.37. The molecule has 2 unspecified atom stereocenters. The number of amides is 1. The summed E-state index contributed by atoms with van der Waals surface area (Å²) in [5.74, 6) is 0.537. The molecular weight excluding hydrogens is 330 g/mol. The van der Waals surface area contributed by atoms with Crippen LogP contribution < -0.4 is 10.6 Å². The van der Waals surface area contributed by atoms with Crippen molar-refractivity contribution < 1.29 is 9.72 Å². The van der Waals surface area contributed by atoms with Gasteiger partial charge < -0.3 is 10.6 Å². The Balaban J connectivity index is 0.00000208. The predicted molar refractivity (Wildman–Crippen MR) is 94.3 cm³/mol. The Labute approximate surface area is 148 Å². The number of piperidine rings is 1. The van der Waals surface area contributed by atoms with Gasteiger partial charge in [0.05, 0.1) is 4.92 Å². The first-order chi connectivity index (χ1) is 11.1. The van der Waals surface area contributed by atoms with Gasteiger partial charge in [0.25, 0.3) is 5.69 Å². The Kier molecular flexibility index (Phi) is 6.57. The van der Waals surface area contributed by atoms with E-state index in [-0.39, 0.29) is 28.9 Å². The lowest BCUT2D eigenvalue weighted by molar-refractivity contribution is -0.385. The summed E-state index contributed by atoms with van der Waals surface area (Å²) in [5.41, 5.74) is 0.786. The van der Waals surface area contributed by atoms with Gasteiger partial charge in [-0.05, 0) is 38.0 Å². The largest absolute Gasteiger partial charge is 0.356 e. The van der Waals surface area contributed by atoms with E-state index in [9.17, 15) is 14.9 Å². The van der Waals surface area contributed by atoms with Crippen LogP contribution in [0.5, 0.6) is 0 Å². The summed E-state index contributed by atoms with van der Waals surface area (Å²) >= 11 is 0. The third-order valence-electron chi connectivity index (χ3n) is 4.95. The van der Waals surface area contributed by atoms with Gasteiger partial charge >= 0.3 is 0 Å². The molecule has 2 saturated heterocycles. The predicted octanol–water partition coefficient (Wildman–Crippen LogP) is 2.60. The van der Waals surface area contributed by atoms with Crippen LogP contribution in [-0.2, 0) is 11.2 Å². The zero-order valence-corrected chi connectivity index (χ0v) is 14.4. The van der Waals surface area contributed by atoms with Crippen molar-refractivity contribution in [3.8, 4) is 0 Å². The maximum Gasteiger partial charge on any atom is 0.272 e. The van der Waals surface area contributed by atoms with Gasteiger partial charge in [0.15, 0.2) is 0 Å². The third kappa shape index (κ3) is 4.68. The molecule has 2 bridgehead atoms. The Morgan fingerprint density at radius 2 is 1.92 bits per heavy atom. The van der Waals surface area contributed by atoms with Crippen molar-refractivity contribution >= 4 is 24.0 Å². The summed E-state index contributed by atoms with van der Waals surface area (Å²) in [7, 11) is 0. The van der Waals surface area contributed by atoms with Crippen LogP contribution in [0.1, 0.15) is 37.7 Å². The van der Waals surface area contributed by atoms with Crippen molar-refractivity contribution in [2.45, 2.75) is 50.6 Å². The fraction of sp³-hybridized carbons (Fsp3) is 0.588. The Morgan fingerprint density at radius 3 is 2.58 bits per heavy atom. The highest BCUT2D eigenvalue weighted by atomic mass is 35.5. The van der Waals surface area contributed by atoms with Crippen LogP contribution in [0.25, 0.3) is 0 Å². The number of benzene rings is 1. The van der Waals surface area contributed by atoms with Crippen molar-refractivity contribution in [3.63, 3.8) is 0 Å². The zero-order chi connectivity index (χ0) is 16.2. The molecule has 2 fully saturated rings. The number of carbonyl (C=O) groups excluding carboxylic acids is 1. The molecule has 2 atom stereocenters. The third-order valence-corrected chi connectivity index (χ3v) is 4.95. The number of para-hydroxylation sites is 1. The normalized spacial score (nSPS) is 24.9. The van der Waals surface area contributed by atoms with E-state index < -0.39 is 0 Å². The van der Waals surface area contributed by atoms with Gasteiger partial charge in [0.2, 0.25) is 5.91 Å². The van der Waals surface area contributed by atoms with E-state index in [0.29, 0.717) is 43.0 Å². The first kappa shape index (κ1) is 18.7. The van der Waals surface area contributed by atoms with Crippen LogP contribution >= 0.6 is 12.4 Å². The van der Waals surface area contributed by atoms with Gasteiger partial charge in [0.1, 0.15) is 0 Å². The highest BCUT2D eigenvalue weighted by Crippen LogP contribution is 2.32. The lowest BCUT2D eigenvalue weighted by Crippen LogP contribution is -2.39. The molecule has 0 aliphatic carbocycles. The molecule has 7 heteroatoms. The molecule has 3 rings (SSSR count). The molecule has 0 saturated carbocycles. The van der Waals surface area contributed by atoms with Gasteiger partial charge in [0, 0.05) is 36.7 Å². The lowest BCUT2D eigenvalue weighted by Gasteiger charge is -2.28. The Bertz CT molecular complexity index is 584. The fourth-order valence-corrected chi connectivity index (χ4v) is 3.91. The molecule has 0 aromatic heterocycles. The number of halogens is 1. The Hall–Kier alpha value is -1.66. The number of nitrogens with one attached hydrogen (secondary N) is 2. The molecule has 132 valence electrons. The summed E-state index contributed by atoms with van der Waals surface area (Å²) in [6.45, 7) is 0.446. The minimum atomic E-state index is -0.373. The Morgan fingerprint density at radius 1 is 1.25 bits per heavy atom. The SMILES string of the molecule is Cl.O=C(CC1CC2CCC(C1)N2)NCCc1ccccc1[N+](=O)[O-]. The number of nitro groups is 1. The van der Waals surface area contributed by atoms with Crippen molar-refractivity contribution in [1.82, 2.24) is 10.6 Å². The monoisotopic (exact) mass is 353 g/mol. The van der Waals surface area contributed by atoms with Gasteiger partial charge in [-0.25, -0.2) is 0 Å². The van der Waals surface area contributed by atoms with E-state index in [0.717, 1.165) is 12.8 Å². The van der Waals surface area contributed by atoms with Gasteiger partial charge in [-0.15, -0.1) is 12.4 Å². The van der Waals surface area contributed by atoms with Gasteiger partial charge in [-0.1, -0.05) is 18.2 Å². The maximum atomic E-state index is 12.1. The molecule has 1 aromatic rings. The van der Waals surface area contributed by atoms with Crippen molar-refractivity contribution in [3.05, 3.63) is 39.9 Å². The van der Waals surface area contributed by atoms with E-state index in [1.807, 2.05) is 0 Å². The van der Waals surface area contributed by atoms with Crippen LogP contribution in [0.3, 0.4) is 0 Å². The molecule has 1 aromatic carbocycles. The summed E-state index contributed by atoms with van der Waals surface area (Å²) in [5, 5.41) is 17.5. The molecule has 2 heterocycles. The number of hydrogen-bond acceptors (Lipinski definition) is 4. The van der Waals surface area contributed by atoms with E-state index in [1.54, 1.807) is 18.2 Å². The highest BCUT2D eigenvalue weighted by molar-refractivity contribution is 5.85. The summed E-state index contributed by atoms with van der Waals surface area (Å²) in [6, 6.07) is 7.88. The molecule has 2 aliphatic heterocycles. The second-order valence-corrected chi connectivity index (χ2v) is 6.67. The quantitative estimate of drug-likeness (QED) is 0.608. The van der Waals surface area contributed by atoms with Crippen LogP contribution in [0.15, 0.2) is 24.3 Å². The fourth-order valence-electron chi connectivity index (χ4n) is 3.91. The van der Waals surface area contributed by atoms with E-state index in [4.69, 9.17) is 0 Å². The number of rotatable bonds is 6. The topological polar surface area (TPSA) is 84.3 Å². The number of fused-ring (bicyclic) bond motifs is 2. The van der Waals surface area contributed by atoms with Crippen molar-refractivity contribution in [1.29, 1.82) is 0 Å². The van der Waals surface area contributed by atoms with E-state index in [2.05, 4.69) is 10.6 Å². The summed E-state index contributed by atoms with van der Waals surface area (Å²) in [4.78, 5) is 22.7. The van der Waals surface area contributed by atoms with Crippen LogP contribution in [-0.4, -0.2) is 29.5 Å². The second kappa shape index (κ2) is 8.44. The molecule has 0 radical (unpaired) electrons. The maximum absolute atomic E-state index is 12.1. The minimum Gasteiger partial charge on any atom is -0.356 e. The second-order valence-electron chi connectivity index (χ2n) is 6.67. The van der Waals surface area contributed by atoms with Gasteiger partial charge in [-0.2, -0.15) is 0 Å². The van der Waals surface area contributed by atoms with Crippen molar-refractivity contribution in [2.24, 2.45) is 5.92 Å². The molecule has 6 nitrogen and oxygen atoms in total. The van der Waals surface area contributed by atoms with Crippen LogP contribution in [0.2, 0.25) is 0 Å². The minimum absolute atomic E-state index is 0. The van der Waals surface area contributed by atoms with Crippen molar-refractivity contribution in [2.75, 3.05) is 6.54 Å². The molecule has 2 aliphatic rings. The molecule has 24 heavy (non-hydrogen) atoms. The molecule has 2 N–H and O–H groups in total. The van der Waals surface area contributed by atoms with Crippen LogP contribution in [0, 0.1) is 16.0 Å². The van der Waals surface area contributed by atoms with E-state index >= 15 is 0 Å². The van der Waals surface area contributed by atoms with Gasteiger partial charge in [-0.3, -0.25) is 14.9 Å². The average molecular weight is 354 g/mol. The highest BCUT2D eigenvalue weighted by Gasteiger charge is 2.34. The summed E-state index contributed by atoms with van der Waals surface area (Å²) < 4.78 is 0. The van der Waals surface area contributed by atoms with E-state index in [1.165, 1.54) is 18.9 Å². The number of nitro benzene ring substituents is 1. The molecular formula is C17H24ClN3O3. The standard InChI is InChI=1S/C17H23N3O3.ClH/c21-17(11-12-9-14-5-6-15(10-12)19-14)18-8-7-13-3-1-2-4-16(13)20(22)23;/h1-4,12,14-15,19H,5-11H2,(H,18,21);1H. The molecule has 1 amide bonds. The lowest BCUT2D eigenvalue weighted by atomic mass is 9.89. The number of carbonyl (C=O) groups is 1. The average Bonchev–Trinajstić information content (AvgIpc) is 2.86. The first-order valence-corrected chi connectivity index (χ1v) is 8.37. The van der Waals surface area contributed by atoms with Crippen LogP contribution in [0.4, 0.5) is 5.69 Å². The smallest absolute Gasteiger partial charge is 0.272 e.